The van der Waals surface area contributed by atoms with Crippen LogP contribution in [0.4, 0.5) is 14.5 Å². The fourth-order valence-corrected chi connectivity index (χ4v) is 6.52. The van der Waals surface area contributed by atoms with Crippen molar-refractivity contribution >= 4 is 48.5 Å². The molecule has 0 radical (unpaired) electrons. The summed E-state index contributed by atoms with van der Waals surface area (Å²) in [5.41, 5.74) is 8.54. The van der Waals surface area contributed by atoms with Crippen molar-refractivity contribution in [2.75, 3.05) is 17.1 Å². The van der Waals surface area contributed by atoms with Crippen LogP contribution in [-0.4, -0.2) is 32.2 Å². The minimum absolute atomic E-state index is 0.0416. The van der Waals surface area contributed by atoms with Gasteiger partial charge in [-0.1, -0.05) is 34.1 Å². The largest absolute Gasteiger partial charge is 0.460 e. The standard InChI is InChI=1S/C29H27BrF2N2O5S/c1-40(37,38)34(11-10-25(35)20-9-8-19(32)13-23(20)30)24-15-26-22(14-21(24)17-4-5-17)28(29(33)36)27(39-26)12-16-2-6-18(31)7-3-16/h2-3,6-9,13-15,17,25,35H,4-5,10-12H2,1H3,(H2,33,36). The molecule has 1 fully saturated rings. The zero-order valence-electron chi connectivity index (χ0n) is 21.5. The summed E-state index contributed by atoms with van der Waals surface area (Å²) in [7, 11) is -3.80. The molecule has 1 aliphatic carbocycles. The third-order valence-corrected chi connectivity index (χ3v) is 8.91. The maximum Gasteiger partial charge on any atom is 0.252 e. The summed E-state index contributed by atoms with van der Waals surface area (Å²) in [5, 5.41) is 11.3. The molecule has 11 heteroatoms. The molecule has 0 aliphatic heterocycles. The molecule has 40 heavy (non-hydrogen) atoms. The molecule has 1 heterocycles. The molecule has 5 rings (SSSR count). The summed E-state index contributed by atoms with van der Waals surface area (Å²) in [6, 6.07) is 13.1. The van der Waals surface area contributed by atoms with Gasteiger partial charge in [0.05, 0.1) is 23.6 Å². The Balaban J connectivity index is 1.55. The molecule has 4 aromatic rings. The lowest BCUT2D eigenvalue weighted by Crippen LogP contribution is -2.32. The predicted octanol–water partition coefficient (Wildman–Crippen LogP) is 5.93. The summed E-state index contributed by atoms with van der Waals surface area (Å²) in [6.07, 6.45) is 1.97. The van der Waals surface area contributed by atoms with Gasteiger partial charge in [-0.25, -0.2) is 17.2 Å². The molecular formula is C29H27BrF2N2O5S. The fourth-order valence-electron chi connectivity index (χ4n) is 4.95. The van der Waals surface area contributed by atoms with Crippen LogP contribution in [-0.2, 0) is 16.4 Å². The topological polar surface area (TPSA) is 114 Å². The summed E-state index contributed by atoms with van der Waals surface area (Å²) in [6.45, 7) is -0.0547. The van der Waals surface area contributed by atoms with Crippen molar-refractivity contribution in [3.8, 4) is 0 Å². The Bertz CT molecular complexity index is 1700. The molecule has 210 valence electrons. The number of furan rings is 1. The van der Waals surface area contributed by atoms with E-state index >= 15 is 0 Å². The number of carbonyl (C=O) groups is 1. The monoisotopic (exact) mass is 632 g/mol. The van der Waals surface area contributed by atoms with Crippen molar-refractivity contribution in [3.63, 3.8) is 0 Å². The Morgan fingerprint density at radius 3 is 2.40 bits per heavy atom. The highest BCUT2D eigenvalue weighted by Crippen LogP contribution is 2.47. The second-order valence-electron chi connectivity index (χ2n) is 10.1. The Hall–Kier alpha value is -3.28. The first-order valence-electron chi connectivity index (χ1n) is 12.7. The van der Waals surface area contributed by atoms with E-state index in [0.29, 0.717) is 38.0 Å². The van der Waals surface area contributed by atoms with Crippen LogP contribution in [0.3, 0.4) is 0 Å². The molecule has 0 saturated heterocycles. The lowest BCUT2D eigenvalue weighted by Gasteiger charge is -2.26. The molecule has 1 unspecified atom stereocenters. The highest BCUT2D eigenvalue weighted by Gasteiger charge is 2.33. The number of anilines is 1. The Morgan fingerprint density at radius 1 is 1.12 bits per heavy atom. The molecule has 1 aromatic heterocycles. The number of hydrogen-bond acceptors (Lipinski definition) is 5. The zero-order valence-corrected chi connectivity index (χ0v) is 23.9. The molecule has 7 nitrogen and oxygen atoms in total. The number of halogens is 3. The normalized spacial score (nSPS) is 14.4. The third kappa shape index (κ3) is 5.91. The molecule has 1 saturated carbocycles. The number of carbonyl (C=O) groups excluding carboxylic acids is 1. The number of rotatable bonds is 10. The molecule has 1 amide bonds. The van der Waals surface area contributed by atoms with E-state index in [9.17, 15) is 27.1 Å². The highest BCUT2D eigenvalue weighted by molar-refractivity contribution is 9.10. The van der Waals surface area contributed by atoms with E-state index in [1.165, 1.54) is 34.6 Å². The van der Waals surface area contributed by atoms with E-state index in [1.807, 2.05) is 0 Å². The van der Waals surface area contributed by atoms with Gasteiger partial charge in [0.1, 0.15) is 23.0 Å². The average Bonchev–Trinajstić information content (AvgIpc) is 3.65. The van der Waals surface area contributed by atoms with Gasteiger partial charge in [-0.2, -0.15) is 0 Å². The van der Waals surface area contributed by atoms with E-state index in [1.54, 1.807) is 24.3 Å². The van der Waals surface area contributed by atoms with Crippen molar-refractivity contribution in [2.24, 2.45) is 5.73 Å². The van der Waals surface area contributed by atoms with Crippen LogP contribution in [0.1, 0.15) is 64.1 Å². The first-order valence-corrected chi connectivity index (χ1v) is 15.3. The number of nitrogens with two attached hydrogens (primary N) is 1. The van der Waals surface area contributed by atoms with Crippen LogP contribution in [0, 0.1) is 11.6 Å². The van der Waals surface area contributed by atoms with Gasteiger partial charge in [-0.05, 0) is 72.2 Å². The number of benzene rings is 3. The molecule has 1 atom stereocenters. The van der Waals surface area contributed by atoms with Gasteiger partial charge in [-0.15, -0.1) is 0 Å². The minimum Gasteiger partial charge on any atom is -0.460 e. The second kappa shape index (κ2) is 10.9. The van der Waals surface area contributed by atoms with Crippen LogP contribution >= 0.6 is 15.9 Å². The van der Waals surface area contributed by atoms with Crippen LogP contribution < -0.4 is 10.0 Å². The van der Waals surface area contributed by atoms with E-state index in [4.69, 9.17) is 10.2 Å². The Kier molecular flexibility index (Phi) is 7.73. The first-order chi connectivity index (χ1) is 18.9. The minimum atomic E-state index is -3.80. The van der Waals surface area contributed by atoms with E-state index in [-0.39, 0.29) is 36.7 Å². The summed E-state index contributed by atoms with van der Waals surface area (Å²) < 4.78 is 60.7. The van der Waals surface area contributed by atoms with Crippen LogP contribution in [0.2, 0.25) is 0 Å². The van der Waals surface area contributed by atoms with Gasteiger partial charge in [0.15, 0.2) is 0 Å². The summed E-state index contributed by atoms with van der Waals surface area (Å²) in [5.74, 6) is -1.14. The summed E-state index contributed by atoms with van der Waals surface area (Å²) >= 11 is 3.25. The highest BCUT2D eigenvalue weighted by atomic mass is 79.9. The predicted molar refractivity (Wildman–Crippen MR) is 152 cm³/mol. The SMILES string of the molecule is CS(=O)(=O)N(CCC(O)c1ccc(F)cc1Br)c1cc2oc(Cc3ccc(F)cc3)c(C(N)=O)c2cc1C1CC1. The number of amides is 1. The van der Waals surface area contributed by atoms with E-state index in [2.05, 4.69) is 15.9 Å². The Labute approximate surface area is 238 Å². The van der Waals surface area contributed by atoms with E-state index in [0.717, 1.165) is 24.7 Å². The summed E-state index contributed by atoms with van der Waals surface area (Å²) in [4.78, 5) is 12.5. The molecule has 0 spiro atoms. The quantitative estimate of drug-likeness (QED) is 0.225. The molecule has 3 N–H and O–H groups in total. The fraction of sp³-hybridized carbons (Fsp3) is 0.276. The molecular weight excluding hydrogens is 606 g/mol. The van der Waals surface area contributed by atoms with Gasteiger partial charge in [0, 0.05) is 28.9 Å². The number of nitrogens with zero attached hydrogens (tertiary/aromatic N) is 1. The maximum atomic E-state index is 13.5. The van der Waals surface area contributed by atoms with Gasteiger partial charge in [0.2, 0.25) is 10.0 Å². The van der Waals surface area contributed by atoms with Gasteiger partial charge < -0.3 is 15.3 Å². The lowest BCUT2D eigenvalue weighted by molar-refractivity contribution is 0.1000. The van der Waals surface area contributed by atoms with Crippen molar-refractivity contribution < 1.29 is 31.5 Å². The van der Waals surface area contributed by atoms with Crippen LogP contribution in [0.25, 0.3) is 11.0 Å². The van der Waals surface area contributed by atoms with Crippen molar-refractivity contribution in [3.05, 3.63) is 98.7 Å². The van der Waals surface area contributed by atoms with Gasteiger partial charge in [-0.3, -0.25) is 9.10 Å². The molecule has 0 bridgehead atoms. The van der Waals surface area contributed by atoms with Crippen LogP contribution in [0.5, 0.6) is 0 Å². The van der Waals surface area contributed by atoms with Crippen molar-refractivity contribution in [2.45, 2.75) is 37.7 Å². The number of aliphatic hydroxyl groups excluding tert-OH is 1. The lowest BCUT2D eigenvalue weighted by atomic mass is 10.0. The Morgan fingerprint density at radius 2 is 1.80 bits per heavy atom. The number of aliphatic hydroxyl groups is 1. The number of fused-ring (bicyclic) bond motifs is 1. The maximum absolute atomic E-state index is 13.5. The van der Waals surface area contributed by atoms with Crippen molar-refractivity contribution in [1.82, 2.24) is 0 Å². The van der Waals surface area contributed by atoms with Crippen molar-refractivity contribution in [1.29, 1.82) is 0 Å². The van der Waals surface area contributed by atoms with Crippen LogP contribution in [0.15, 0.2) is 63.5 Å². The van der Waals surface area contributed by atoms with Gasteiger partial charge >= 0.3 is 0 Å². The van der Waals surface area contributed by atoms with E-state index < -0.39 is 27.9 Å². The number of primary amides is 1. The average molecular weight is 634 g/mol. The first kappa shape index (κ1) is 28.3. The second-order valence-corrected chi connectivity index (χ2v) is 12.8. The van der Waals surface area contributed by atoms with Gasteiger partial charge in [0.25, 0.3) is 5.91 Å². The number of hydrogen-bond donors (Lipinski definition) is 2. The third-order valence-electron chi connectivity index (χ3n) is 7.05. The number of sulfonamides is 1. The molecule has 1 aliphatic rings. The zero-order chi connectivity index (χ0) is 28.8. The molecule has 3 aromatic carbocycles. The smallest absolute Gasteiger partial charge is 0.252 e.